The molecular formula is C17H16Cl2N2O3. The van der Waals surface area contributed by atoms with Crippen molar-refractivity contribution >= 4 is 40.5 Å². The number of carbonyl (C=O) groups is 1. The summed E-state index contributed by atoms with van der Waals surface area (Å²) < 4.78 is 11.0. The smallest absolute Gasteiger partial charge is 0.246 e. The predicted octanol–water partition coefficient (Wildman–Crippen LogP) is 4.20. The summed E-state index contributed by atoms with van der Waals surface area (Å²) in [6.45, 7) is 2.81. The molecule has 1 heterocycles. The van der Waals surface area contributed by atoms with Crippen LogP contribution in [0.3, 0.4) is 0 Å². The first kappa shape index (κ1) is 16.7. The topological polar surface area (TPSA) is 59.6 Å². The van der Waals surface area contributed by atoms with E-state index >= 15 is 0 Å². The number of halogens is 2. The lowest BCUT2D eigenvalue weighted by molar-refractivity contribution is -0.116. The van der Waals surface area contributed by atoms with Crippen molar-refractivity contribution in [3.05, 3.63) is 46.4 Å². The first-order valence-electron chi connectivity index (χ1n) is 7.45. The third-order valence-electron chi connectivity index (χ3n) is 3.50. The van der Waals surface area contributed by atoms with Gasteiger partial charge < -0.3 is 20.1 Å². The van der Waals surface area contributed by atoms with Crippen LogP contribution in [0.5, 0.6) is 11.5 Å². The summed E-state index contributed by atoms with van der Waals surface area (Å²) in [5.74, 6) is 1.14. The Hall–Kier alpha value is -2.11. The number of anilines is 2. The van der Waals surface area contributed by atoms with Crippen LogP contribution < -0.4 is 20.1 Å². The average Bonchev–Trinajstić information content (AvgIpc) is 2.58. The van der Waals surface area contributed by atoms with E-state index in [-0.39, 0.29) is 5.91 Å². The van der Waals surface area contributed by atoms with Gasteiger partial charge in [0, 0.05) is 16.8 Å². The molecule has 0 unspecified atom stereocenters. The summed E-state index contributed by atoms with van der Waals surface area (Å²) in [7, 11) is 0. The van der Waals surface area contributed by atoms with Crippen LogP contribution in [0.2, 0.25) is 10.0 Å². The van der Waals surface area contributed by atoms with Crippen molar-refractivity contribution in [2.24, 2.45) is 0 Å². The van der Waals surface area contributed by atoms with Crippen molar-refractivity contribution in [3.8, 4) is 11.5 Å². The number of carbonyl (C=O) groups excluding carboxylic acids is 1. The summed E-state index contributed by atoms with van der Waals surface area (Å²) in [6.07, 6.45) is 0. The van der Waals surface area contributed by atoms with Gasteiger partial charge >= 0.3 is 0 Å². The number of amides is 1. The van der Waals surface area contributed by atoms with E-state index in [9.17, 15) is 4.79 Å². The lowest BCUT2D eigenvalue weighted by atomic mass is 10.2. The lowest BCUT2D eigenvalue weighted by Gasteiger charge is -2.20. The highest BCUT2D eigenvalue weighted by Gasteiger charge is 2.17. The Kier molecular flexibility index (Phi) is 5.02. The van der Waals surface area contributed by atoms with Crippen LogP contribution >= 0.6 is 23.2 Å². The van der Waals surface area contributed by atoms with Crippen LogP contribution in [0.4, 0.5) is 11.4 Å². The zero-order valence-corrected chi connectivity index (χ0v) is 14.4. The summed E-state index contributed by atoms with van der Waals surface area (Å²) in [5, 5.41) is 6.81. The molecule has 0 saturated carbocycles. The largest absolute Gasteiger partial charge is 0.486 e. The second-order valence-electron chi connectivity index (χ2n) is 5.34. The Morgan fingerprint density at radius 3 is 2.62 bits per heavy atom. The zero-order chi connectivity index (χ0) is 17.1. The van der Waals surface area contributed by atoms with Crippen molar-refractivity contribution in [1.29, 1.82) is 0 Å². The Bertz CT molecular complexity index is 767. The molecule has 126 valence electrons. The molecule has 0 radical (unpaired) electrons. The van der Waals surface area contributed by atoms with Gasteiger partial charge in [-0.1, -0.05) is 23.2 Å². The van der Waals surface area contributed by atoms with Crippen molar-refractivity contribution in [1.82, 2.24) is 0 Å². The van der Waals surface area contributed by atoms with Crippen molar-refractivity contribution in [2.45, 2.75) is 13.0 Å². The Labute approximate surface area is 149 Å². The Morgan fingerprint density at radius 1 is 1.08 bits per heavy atom. The van der Waals surface area contributed by atoms with E-state index in [1.807, 2.05) is 18.2 Å². The third kappa shape index (κ3) is 3.86. The highest BCUT2D eigenvalue weighted by atomic mass is 35.5. The van der Waals surface area contributed by atoms with Crippen LogP contribution in [0.15, 0.2) is 36.4 Å². The minimum Gasteiger partial charge on any atom is -0.486 e. The second-order valence-corrected chi connectivity index (χ2v) is 6.18. The van der Waals surface area contributed by atoms with Gasteiger partial charge in [-0.25, -0.2) is 0 Å². The van der Waals surface area contributed by atoms with Gasteiger partial charge in [0.1, 0.15) is 19.3 Å². The molecule has 1 aliphatic rings. The number of rotatable bonds is 4. The maximum atomic E-state index is 12.3. The minimum atomic E-state index is -0.484. The molecule has 3 rings (SSSR count). The number of ether oxygens (including phenoxy) is 2. The second kappa shape index (κ2) is 7.20. The van der Waals surface area contributed by atoms with Crippen molar-refractivity contribution in [2.75, 3.05) is 23.8 Å². The van der Waals surface area contributed by atoms with Crippen LogP contribution in [-0.4, -0.2) is 25.2 Å². The fraction of sp³-hybridized carbons (Fsp3) is 0.235. The molecule has 0 spiro atoms. The number of nitrogens with one attached hydrogen (secondary N) is 2. The Balaban J connectivity index is 1.67. The first-order valence-corrected chi connectivity index (χ1v) is 8.20. The van der Waals surface area contributed by atoms with Crippen LogP contribution in [0.1, 0.15) is 6.92 Å². The summed E-state index contributed by atoms with van der Waals surface area (Å²) in [5.41, 5.74) is 1.24. The fourth-order valence-corrected chi connectivity index (χ4v) is 2.62. The highest BCUT2D eigenvalue weighted by Crippen LogP contribution is 2.33. The maximum Gasteiger partial charge on any atom is 0.246 e. The standard InChI is InChI=1S/C17H16Cl2N2O3/c1-10(17(22)21-14-8-11(18)2-4-13(14)19)20-12-3-5-15-16(9-12)24-7-6-23-15/h2-5,8-10,20H,6-7H2,1H3,(H,21,22)/t10-/m0/s1. The van der Waals surface area contributed by atoms with Gasteiger partial charge in [0.15, 0.2) is 11.5 Å². The lowest BCUT2D eigenvalue weighted by Crippen LogP contribution is -2.32. The fourth-order valence-electron chi connectivity index (χ4n) is 2.28. The van der Waals surface area contributed by atoms with E-state index in [0.717, 1.165) is 5.69 Å². The first-order chi connectivity index (χ1) is 11.5. The van der Waals surface area contributed by atoms with E-state index in [1.54, 1.807) is 25.1 Å². The zero-order valence-electron chi connectivity index (χ0n) is 12.9. The summed E-state index contributed by atoms with van der Waals surface area (Å²) in [4.78, 5) is 12.3. The van der Waals surface area contributed by atoms with Gasteiger partial charge in [-0.3, -0.25) is 4.79 Å². The van der Waals surface area contributed by atoms with E-state index in [0.29, 0.717) is 40.4 Å². The number of fused-ring (bicyclic) bond motifs is 1. The maximum absolute atomic E-state index is 12.3. The molecule has 2 N–H and O–H groups in total. The van der Waals surface area contributed by atoms with Crippen LogP contribution in [-0.2, 0) is 4.79 Å². The van der Waals surface area contributed by atoms with E-state index < -0.39 is 6.04 Å². The molecule has 0 aliphatic carbocycles. The molecule has 0 aromatic heterocycles. The van der Waals surface area contributed by atoms with E-state index in [4.69, 9.17) is 32.7 Å². The SMILES string of the molecule is C[C@H](Nc1ccc2c(c1)OCCO2)C(=O)Nc1cc(Cl)ccc1Cl. The number of hydrogen-bond acceptors (Lipinski definition) is 4. The molecule has 1 atom stereocenters. The van der Waals surface area contributed by atoms with Crippen LogP contribution in [0, 0.1) is 0 Å². The number of benzene rings is 2. The molecule has 0 fully saturated rings. The molecule has 24 heavy (non-hydrogen) atoms. The summed E-state index contributed by atoms with van der Waals surface area (Å²) >= 11 is 12.0. The van der Waals surface area contributed by atoms with Gasteiger partial charge in [-0.05, 0) is 37.3 Å². The molecule has 2 aromatic carbocycles. The van der Waals surface area contributed by atoms with E-state index in [1.165, 1.54) is 0 Å². The third-order valence-corrected chi connectivity index (χ3v) is 4.07. The van der Waals surface area contributed by atoms with Gasteiger partial charge in [0.2, 0.25) is 5.91 Å². The van der Waals surface area contributed by atoms with Gasteiger partial charge in [0.25, 0.3) is 0 Å². The minimum absolute atomic E-state index is 0.228. The van der Waals surface area contributed by atoms with Gasteiger partial charge in [-0.15, -0.1) is 0 Å². The van der Waals surface area contributed by atoms with Gasteiger partial charge in [0.05, 0.1) is 10.7 Å². The van der Waals surface area contributed by atoms with Gasteiger partial charge in [-0.2, -0.15) is 0 Å². The van der Waals surface area contributed by atoms with Crippen LogP contribution in [0.25, 0.3) is 0 Å². The predicted molar refractivity (Wildman–Crippen MR) is 95.6 cm³/mol. The summed E-state index contributed by atoms with van der Waals surface area (Å²) in [6, 6.07) is 9.89. The molecule has 2 aromatic rings. The molecule has 1 amide bonds. The molecule has 5 nitrogen and oxygen atoms in total. The van der Waals surface area contributed by atoms with Crippen molar-refractivity contribution < 1.29 is 14.3 Å². The molecule has 7 heteroatoms. The Morgan fingerprint density at radius 2 is 1.83 bits per heavy atom. The molecule has 0 bridgehead atoms. The average molecular weight is 367 g/mol. The normalized spacial score (nSPS) is 14.0. The quantitative estimate of drug-likeness (QED) is 0.850. The number of hydrogen-bond donors (Lipinski definition) is 2. The van der Waals surface area contributed by atoms with E-state index in [2.05, 4.69) is 10.6 Å². The molecule has 0 saturated heterocycles. The van der Waals surface area contributed by atoms with Crippen molar-refractivity contribution in [3.63, 3.8) is 0 Å². The highest BCUT2D eigenvalue weighted by molar-refractivity contribution is 6.35. The molecular weight excluding hydrogens is 351 g/mol. The monoisotopic (exact) mass is 366 g/mol. The molecule has 1 aliphatic heterocycles.